The van der Waals surface area contributed by atoms with E-state index in [9.17, 15) is 4.79 Å². The minimum absolute atomic E-state index is 0.0671. The number of aromatic nitrogens is 5. The fraction of sp³-hybridized carbons (Fsp3) is 0.714. The van der Waals surface area contributed by atoms with Crippen molar-refractivity contribution >= 4 is 0 Å². The molecule has 28 heavy (non-hydrogen) atoms. The number of nitrogens with zero attached hydrogens (tertiary/aromatic N) is 6. The highest BCUT2D eigenvalue weighted by Gasteiger charge is 2.23. The smallest absolute Gasteiger partial charge is 0.253 e. The first-order valence-electron chi connectivity index (χ1n) is 10.6. The Hall–Kier alpha value is -2.02. The Labute approximate surface area is 166 Å². The summed E-state index contributed by atoms with van der Waals surface area (Å²) in [5.74, 6) is 2.80. The van der Waals surface area contributed by atoms with Gasteiger partial charge >= 0.3 is 0 Å². The summed E-state index contributed by atoms with van der Waals surface area (Å²) in [6.07, 6.45) is 7.47. The number of piperidine rings is 1. The first-order chi connectivity index (χ1) is 13.4. The fourth-order valence-electron chi connectivity index (χ4n) is 4.26. The van der Waals surface area contributed by atoms with E-state index in [1.807, 2.05) is 0 Å². The number of likely N-dealkylation sites (tertiary alicyclic amines) is 1. The Balaban J connectivity index is 1.32. The molecule has 0 saturated carbocycles. The third kappa shape index (κ3) is 4.19. The second-order valence-electron chi connectivity index (χ2n) is 9.38. The maximum Gasteiger partial charge on any atom is 0.253 e. The highest BCUT2D eigenvalue weighted by Crippen LogP contribution is 2.22. The number of hydrogen-bond donors (Lipinski definition) is 0. The Morgan fingerprint density at radius 2 is 1.89 bits per heavy atom. The van der Waals surface area contributed by atoms with Crippen molar-refractivity contribution in [3.63, 3.8) is 0 Å². The van der Waals surface area contributed by atoms with Gasteiger partial charge in [0.05, 0.1) is 18.6 Å². The second-order valence-corrected chi connectivity index (χ2v) is 9.38. The van der Waals surface area contributed by atoms with Crippen LogP contribution in [0, 0.1) is 5.92 Å². The third-order valence-corrected chi connectivity index (χ3v) is 6.11. The molecule has 2 aromatic heterocycles. The normalized spacial score (nSPS) is 19.0. The summed E-state index contributed by atoms with van der Waals surface area (Å²) in [5, 5.41) is 8.80. The summed E-state index contributed by atoms with van der Waals surface area (Å²) < 4.78 is 4.10. The van der Waals surface area contributed by atoms with Crippen LogP contribution in [-0.4, -0.2) is 42.3 Å². The summed E-state index contributed by atoms with van der Waals surface area (Å²) in [7, 11) is 0. The van der Waals surface area contributed by atoms with Crippen LogP contribution in [0.5, 0.6) is 0 Å². The number of hydrogen-bond acceptors (Lipinski definition) is 5. The molecule has 0 radical (unpaired) electrons. The molecule has 1 fully saturated rings. The first kappa shape index (κ1) is 19.3. The molecule has 0 spiro atoms. The van der Waals surface area contributed by atoms with Crippen molar-refractivity contribution in [2.24, 2.45) is 5.92 Å². The molecule has 1 saturated heterocycles. The van der Waals surface area contributed by atoms with Crippen LogP contribution in [0.3, 0.4) is 0 Å². The molecule has 0 bridgehead atoms. The molecule has 0 atom stereocenters. The highest BCUT2D eigenvalue weighted by atomic mass is 16.1. The molecule has 152 valence electrons. The Kier molecular flexibility index (Phi) is 5.36. The van der Waals surface area contributed by atoms with Gasteiger partial charge in [0, 0.05) is 31.0 Å². The van der Waals surface area contributed by atoms with Gasteiger partial charge in [0.25, 0.3) is 5.56 Å². The average Bonchev–Trinajstić information content (AvgIpc) is 3.07. The number of rotatable bonds is 4. The van der Waals surface area contributed by atoms with E-state index in [4.69, 9.17) is 0 Å². The monoisotopic (exact) mass is 384 g/mol. The molecule has 7 nitrogen and oxygen atoms in total. The standard InChI is InChI=1S/C21H32N6O/c1-21(2,3)17-12-20(28)26(15-22-17)13-16-7-10-25(11-8-16)14-19-24-23-18-6-4-5-9-27(18)19/h12,15-16H,4-11,13-14H2,1-3H3. The van der Waals surface area contributed by atoms with Crippen molar-refractivity contribution in [2.75, 3.05) is 13.1 Å². The molecule has 2 aliphatic rings. The van der Waals surface area contributed by atoms with E-state index in [1.54, 1.807) is 17.0 Å². The topological polar surface area (TPSA) is 68.8 Å². The lowest BCUT2D eigenvalue weighted by Gasteiger charge is -2.32. The Morgan fingerprint density at radius 3 is 2.61 bits per heavy atom. The van der Waals surface area contributed by atoms with Crippen LogP contribution in [0.15, 0.2) is 17.2 Å². The van der Waals surface area contributed by atoms with Crippen molar-refractivity contribution in [3.8, 4) is 0 Å². The number of fused-ring (bicyclic) bond motifs is 1. The zero-order chi connectivity index (χ0) is 19.7. The summed E-state index contributed by atoms with van der Waals surface area (Å²) in [4.78, 5) is 19.5. The van der Waals surface area contributed by atoms with E-state index in [1.165, 1.54) is 12.8 Å². The lowest BCUT2D eigenvalue weighted by molar-refractivity contribution is 0.161. The van der Waals surface area contributed by atoms with E-state index in [0.29, 0.717) is 5.92 Å². The van der Waals surface area contributed by atoms with E-state index < -0.39 is 0 Å². The van der Waals surface area contributed by atoms with Crippen LogP contribution in [-0.2, 0) is 31.5 Å². The van der Waals surface area contributed by atoms with Crippen molar-refractivity contribution in [2.45, 2.75) is 77.9 Å². The molecule has 2 aliphatic heterocycles. The third-order valence-electron chi connectivity index (χ3n) is 6.11. The van der Waals surface area contributed by atoms with Gasteiger partial charge in [-0.05, 0) is 44.7 Å². The van der Waals surface area contributed by atoms with Crippen LogP contribution < -0.4 is 5.56 Å². The molecule has 0 aliphatic carbocycles. The van der Waals surface area contributed by atoms with Gasteiger partial charge < -0.3 is 4.57 Å². The lowest BCUT2D eigenvalue weighted by atomic mass is 9.92. The highest BCUT2D eigenvalue weighted by molar-refractivity contribution is 5.10. The van der Waals surface area contributed by atoms with E-state index in [-0.39, 0.29) is 11.0 Å². The van der Waals surface area contributed by atoms with Crippen molar-refractivity contribution in [1.29, 1.82) is 0 Å². The SMILES string of the molecule is CC(C)(C)c1cc(=O)n(CC2CCN(Cc3nnc4n3CCCC4)CC2)cn1. The van der Waals surface area contributed by atoms with Gasteiger partial charge in [-0.15, -0.1) is 10.2 Å². The molecular weight excluding hydrogens is 352 g/mol. The molecule has 7 heteroatoms. The summed E-state index contributed by atoms with van der Waals surface area (Å²) >= 11 is 0. The maximum absolute atomic E-state index is 12.5. The largest absolute Gasteiger partial charge is 0.314 e. The van der Waals surface area contributed by atoms with Gasteiger partial charge in [-0.25, -0.2) is 4.98 Å². The van der Waals surface area contributed by atoms with Crippen LogP contribution in [0.4, 0.5) is 0 Å². The molecule has 2 aromatic rings. The molecule has 0 aromatic carbocycles. The van der Waals surface area contributed by atoms with Gasteiger partial charge in [0.1, 0.15) is 11.6 Å². The minimum Gasteiger partial charge on any atom is -0.314 e. The summed E-state index contributed by atoms with van der Waals surface area (Å²) in [6, 6.07) is 1.70. The Morgan fingerprint density at radius 1 is 1.11 bits per heavy atom. The quantitative estimate of drug-likeness (QED) is 0.810. The maximum atomic E-state index is 12.5. The second kappa shape index (κ2) is 7.78. The first-order valence-corrected chi connectivity index (χ1v) is 10.6. The molecule has 4 heterocycles. The lowest BCUT2D eigenvalue weighted by Crippen LogP contribution is -2.37. The zero-order valence-electron chi connectivity index (χ0n) is 17.4. The van der Waals surface area contributed by atoms with E-state index in [2.05, 4.69) is 45.4 Å². The molecule has 0 amide bonds. The van der Waals surface area contributed by atoms with Crippen LogP contribution >= 0.6 is 0 Å². The predicted octanol–water partition coefficient (Wildman–Crippen LogP) is 2.38. The van der Waals surface area contributed by atoms with Crippen molar-refractivity contribution in [1.82, 2.24) is 29.2 Å². The van der Waals surface area contributed by atoms with Gasteiger partial charge in [-0.3, -0.25) is 14.3 Å². The number of aryl methyl sites for hydroxylation is 1. The van der Waals surface area contributed by atoms with Gasteiger partial charge in [0.15, 0.2) is 0 Å². The van der Waals surface area contributed by atoms with Gasteiger partial charge in [-0.2, -0.15) is 0 Å². The molecular formula is C21H32N6O. The van der Waals surface area contributed by atoms with E-state index >= 15 is 0 Å². The van der Waals surface area contributed by atoms with Gasteiger partial charge in [0.2, 0.25) is 0 Å². The fourth-order valence-corrected chi connectivity index (χ4v) is 4.26. The zero-order valence-corrected chi connectivity index (χ0v) is 17.4. The molecule has 0 unspecified atom stereocenters. The average molecular weight is 385 g/mol. The van der Waals surface area contributed by atoms with Crippen LogP contribution in [0.25, 0.3) is 0 Å². The molecule has 0 N–H and O–H groups in total. The predicted molar refractivity (Wildman–Crippen MR) is 108 cm³/mol. The van der Waals surface area contributed by atoms with Crippen LogP contribution in [0.1, 0.15) is 63.8 Å². The molecule has 4 rings (SSSR count). The van der Waals surface area contributed by atoms with E-state index in [0.717, 1.165) is 69.3 Å². The van der Waals surface area contributed by atoms with Crippen molar-refractivity contribution in [3.05, 3.63) is 40.1 Å². The van der Waals surface area contributed by atoms with Crippen molar-refractivity contribution < 1.29 is 0 Å². The minimum atomic E-state index is -0.0928. The summed E-state index contributed by atoms with van der Waals surface area (Å²) in [6.45, 7) is 11.1. The Bertz CT molecular complexity index is 870. The van der Waals surface area contributed by atoms with Crippen LogP contribution in [0.2, 0.25) is 0 Å². The summed E-state index contributed by atoms with van der Waals surface area (Å²) in [5.41, 5.74) is 0.836. The van der Waals surface area contributed by atoms with Gasteiger partial charge in [-0.1, -0.05) is 20.8 Å².